The number of nitrogens with one attached hydrogen (secondary N) is 2. The molecule has 4 aromatic heterocycles. The van der Waals surface area contributed by atoms with E-state index in [2.05, 4.69) is 24.7 Å². The molecule has 0 aliphatic heterocycles. The number of anilines is 1. The van der Waals surface area contributed by atoms with Gasteiger partial charge >= 0.3 is 0 Å². The van der Waals surface area contributed by atoms with E-state index in [1.165, 1.54) is 19.4 Å². The summed E-state index contributed by atoms with van der Waals surface area (Å²) in [6.45, 7) is 0. The van der Waals surface area contributed by atoms with Crippen LogP contribution in [0.3, 0.4) is 0 Å². The summed E-state index contributed by atoms with van der Waals surface area (Å²) < 4.78 is 60.6. The summed E-state index contributed by atoms with van der Waals surface area (Å²) in [6.07, 6.45) is 6.52. The molecule has 5 rings (SSSR count). The molecule has 0 aliphatic rings. The minimum atomic E-state index is -4.40. The van der Waals surface area contributed by atoms with E-state index in [0.717, 1.165) is 34.3 Å². The summed E-state index contributed by atoms with van der Waals surface area (Å²) in [5, 5.41) is 0.782. The number of ether oxygens (including phenoxy) is 1. The van der Waals surface area contributed by atoms with Crippen molar-refractivity contribution in [2.24, 2.45) is 0 Å². The Kier molecular flexibility index (Phi) is 5.61. The number of aromatic amines is 1. The first-order chi connectivity index (χ1) is 16.9. The molecule has 2 N–H and O–H groups in total. The van der Waals surface area contributed by atoms with Crippen LogP contribution in [0.5, 0.6) is 5.88 Å². The summed E-state index contributed by atoms with van der Waals surface area (Å²) >= 11 is 0. The van der Waals surface area contributed by atoms with E-state index in [9.17, 15) is 17.2 Å². The number of rotatable bonds is 6. The SMILES string of the molecule is COc1ncc(-c2ccnc3[nH]c(-c4ccncc4)cc23)cc1NS(=O)(=O)c1ccc(F)cc1F. The number of methoxy groups -OCH3 is 1. The molecule has 5 aromatic rings. The monoisotopic (exact) mass is 493 g/mol. The van der Waals surface area contributed by atoms with E-state index < -0.39 is 26.6 Å². The topological polar surface area (TPSA) is 110 Å². The lowest BCUT2D eigenvalue weighted by molar-refractivity contribution is 0.400. The second kappa shape index (κ2) is 8.76. The van der Waals surface area contributed by atoms with Crippen LogP contribution >= 0.6 is 0 Å². The van der Waals surface area contributed by atoms with Crippen molar-refractivity contribution in [1.82, 2.24) is 19.9 Å². The lowest BCUT2D eigenvalue weighted by Gasteiger charge is -2.13. The van der Waals surface area contributed by atoms with Crippen molar-refractivity contribution in [2.45, 2.75) is 4.90 Å². The quantitative estimate of drug-likeness (QED) is 0.353. The van der Waals surface area contributed by atoms with Gasteiger partial charge in [0.25, 0.3) is 10.0 Å². The Labute approximate surface area is 198 Å². The fourth-order valence-corrected chi connectivity index (χ4v) is 4.80. The highest BCUT2D eigenvalue weighted by molar-refractivity contribution is 7.92. The number of benzene rings is 1. The summed E-state index contributed by atoms with van der Waals surface area (Å²) in [6, 6.07) is 11.2. The van der Waals surface area contributed by atoms with Crippen LogP contribution in [0, 0.1) is 11.6 Å². The van der Waals surface area contributed by atoms with Crippen LogP contribution in [-0.2, 0) is 10.0 Å². The molecule has 0 radical (unpaired) electrons. The van der Waals surface area contributed by atoms with E-state index in [4.69, 9.17) is 4.74 Å². The van der Waals surface area contributed by atoms with Gasteiger partial charge in [-0.1, -0.05) is 0 Å². The van der Waals surface area contributed by atoms with E-state index in [-0.39, 0.29) is 11.6 Å². The lowest BCUT2D eigenvalue weighted by atomic mass is 10.0. The Hall–Kier alpha value is -4.38. The summed E-state index contributed by atoms with van der Waals surface area (Å²) in [7, 11) is -3.07. The molecule has 35 heavy (non-hydrogen) atoms. The smallest absolute Gasteiger partial charge is 0.264 e. The zero-order valence-electron chi connectivity index (χ0n) is 18.2. The first-order valence-corrected chi connectivity index (χ1v) is 11.7. The highest BCUT2D eigenvalue weighted by atomic mass is 32.2. The van der Waals surface area contributed by atoms with Crippen LogP contribution in [0.25, 0.3) is 33.4 Å². The van der Waals surface area contributed by atoms with Crippen molar-refractivity contribution >= 4 is 26.7 Å². The zero-order chi connectivity index (χ0) is 24.6. The third-order valence-corrected chi connectivity index (χ3v) is 6.71. The fourth-order valence-electron chi connectivity index (χ4n) is 3.69. The number of nitrogens with zero attached hydrogens (tertiary/aromatic N) is 3. The largest absolute Gasteiger partial charge is 0.480 e. The van der Waals surface area contributed by atoms with Crippen LogP contribution < -0.4 is 9.46 Å². The molecule has 0 spiro atoms. The molecule has 4 heterocycles. The molecule has 0 fully saturated rings. The second-order valence-corrected chi connectivity index (χ2v) is 9.15. The Morgan fingerprint density at radius 1 is 0.943 bits per heavy atom. The van der Waals surface area contributed by atoms with E-state index in [1.807, 2.05) is 18.2 Å². The standard InChI is InChI=1S/C24H17F2N5O3S/c1-34-24-21(31-35(32,33)22-3-2-16(25)11-19(22)26)10-15(13-29-24)17-6-9-28-23-18(17)12-20(30-23)14-4-7-27-8-5-14/h2-13,31H,1H3,(H,28,30). The van der Waals surface area contributed by atoms with Crippen molar-refractivity contribution in [3.05, 3.63) is 85.0 Å². The maximum absolute atomic E-state index is 14.2. The third kappa shape index (κ3) is 4.28. The Morgan fingerprint density at radius 3 is 2.49 bits per heavy atom. The van der Waals surface area contributed by atoms with Crippen LogP contribution in [0.1, 0.15) is 0 Å². The van der Waals surface area contributed by atoms with Gasteiger partial charge in [-0.05, 0) is 48.0 Å². The average Bonchev–Trinajstić information content (AvgIpc) is 3.29. The van der Waals surface area contributed by atoms with Crippen LogP contribution in [0.4, 0.5) is 14.5 Å². The third-order valence-electron chi connectivity index (χ3n) is 5.31. The molecule has 1 aromatic carbocycles. The van der Waals surface area contributed by atoms with Gasteiger partial charge < -0.3 is 9.72 Å². The normalized spacial score (nSPS) is 11.5. The Balaban J connectivity index is 1.58. The molecule has 0 saturated heterocycles. The summed E-state index contributed by atoms with van der Waals surface area (Å²) in [4.78, 5) is 15.2. The number of hydrogen-bond acceptors (Lipinski definition) is 6. The predicted octanol–water partition coefficient (Wildman–Crippen LogP) is 4.77. The number of hydrogen-bond donors (Lipinski definition) is 2. The molecular weight excluding hydrogens is 476 g/mol. The number of aromatic nitrogens is 4. The Bertz CT molecular complexity index is 1660. The maximum Gasteiger partial charge on any atom is 0.264 e. The van der Waals surface area contributed by atoms with Gasteiger partial charge in [-0.2, -0.15) is 0 Å². The maximum atomic E-state index is 14.2. The predicted molar refractivity (Wildman–Crippen MR) is 126 cm³/mol. The van der Waals surface area contributed by atoms with Crippen LogP contribution in [0.2, 0.25) is 0 Å². The zero-order valence-corrected chi connectivity index (χ0v) is 19.0. The lowest BCUT2D eigenvalue weighted by Crippen LogP contribution is -2.15. The summed E-state index contributed by atoms with van der Waals surface area (Å²) in [5.74, 6) is -2.12. The number of halogens is 2. The minimum absolute atomic E-state index is 0.0106. The molecule has 0 saturated carbocycles. The van der Waals surface area contributed by atoms with Gasteiger partial charge in [0.15, 0.2) is 0 Å². The Morgan fingerprint density at radius 2 is 1.74 bits per heavy atom. The van der Waals surface area contributed by atoms with E-state index in [1.54, 1.807) is 24.7 Å². The fraction of sp³-hybridized carbons (Fsp3) is 0.0417. The van der Waals surface area contributed by atoms with E-state index >= 15 is 0 Å². The van der Waals surface area contributed by atoms with Gasteiger partial charge in [-0.3, -0.25) is 9.71 Å². The van der Waals surface area contributed by atoms with Crippen LogP contribution in [0.15, 0.2) is 78.2 Å². The number of fused-ring (bicyclic) bond motifs is 1. The number of H-pyrrole nitrogens is 1. The number of pyridine rings is 3. The molecular formula is C24H17F2N5O3S. The summed E-state index contributed by atoms with van der Waals surface area (Å²) in [5.41, 5.74) is 3.67. The number of sulfonamides is 1. The van der Waals surface area contributed by atoms with Gasteiger partial charge in [0, 0.05) is 53.1 Å². The first kappa shape index (κ1) is 22.4. The molecule has 11 heteroatoms. The van der Waals surface area contributed by atoms with Crippen molar-refractivity contribution in [2.75, 3.05) is 11.8 Å². The molecule has 176 valence electrons. The van der Waals surface area contributed by atoms with Crippen molar-refractivity contribution in [1.29, 1.82) is 0 Å². The van der Waals surface area contributed by atoms with Gasteiger partial charge in [-0.15, -0.1) is 0 Å². The average molecular weight is 493 g/mol. The molecule has 0 bridgehead atoms. The van der Waals surface area contributed by atoms with Gasteiger partial charge in [-0.25, -0.2) is 27.2 Å². The van der Waals surface area contributed by atoms with E-state index in [0.29, 0.717) is 17.3 Å². The molecule has 0 unspecified atom stereocenters. The van der Waals surface area contributed by atoms with Crippen molar-refractivity contribution in [3.8, 4) is 28.3 Å². The highest BCUT2D eigenvalue weighted by Crippen LogP contribution is 2.35. The van der Waals surface area contributed by atoms with Crippen molar-refractivity contribution in [3.63, 3.8) is 0 Å². The van der Waals surface area contributed by atoms with Gasteiger partial charge in [0.05, 0.1) is 7.11 Å². The minimum Gasteiger partial charge on any atom is -0.480 e. The van der Waals surface area contributed by atoms with Crippen molar-refractivity contribution < 1.29 is 21.9 Å². The first-order valence-electron chi connectivity index (χ1n) is 10.3. The molecule has 0 aliphatic carbocycles. The molecule has 8 nitrogen and oxygen atoms in total. The molecule has 0 atom stereocenters. The second-order valence-electron chi connectivity index (χ2n) is 7.50. The van der Waals surface area contributed by atoms with Gasteiger partial charge in [0.2, 0.25) is 5.88 Å². The molecule has 0 amide bonds. The van der Waals surface area contributed by atoms with Crippen LogP contribution in [-0.4, -0.2) is 35.5 Å². The highest BCUT2D eigenvalue weighted by Gasteiger charge is 2.22. The van der Waals surface area contributed by atoms with Gasteiger partial charge in [0.1, 0.15) is 27.9 Å².